The molecule has 112 valence electrons. The van der Waals surface area contributed by atoms with Gasteiger partial charge in [0.05, 0.1) is 19.2 Å². The normalized spacial score (nSPS) is 12.1. The molecular formula is C15H13BrClFO3. The van der Waals surface area contributed by atoms with Gasteiger partial charge >= 0.3 is 0 Å². The summed E-state index contributed by atoms with van der Waals surface area (Å²) in [5.41, 5.74) is 0.451. The summed E-state index contributed by atoms with van der Waals surface area (Å²) < 4.78 is 24.7. The first-order chi connectivity index (χ1) is 9.99. The predicted molar refractivity (Wildman–Crippen MR) is 82.7 cm³/mol. The van der Waals surface area contributed by atoms with Crippen LogP contribution in [0.2, 0.25) is 5.02 Å². The van der Waals surface area contributed by atoms with Crippen LogP contribution in [0.1, 0.15) is 17.2 Å². The maximum absolute atomic E-state index is 14.0. The van der Waals surface area contributed by atoms with Crippen molar-refractivity contribution in [3.05, 3.63) is 56.8 Å². The first kappa shape index (κ1) is 16.1. The van der Waals surface area contributed by atoms with Crippen LogP contribution in [0.5, 0.6) is 11.5 Å². The van der Waals surface area contributed by atoms with Gasteiger partial charge < -0.3 is 14.6 Å². The summed E-state index contributed by atoms with van der Waals surface area (Å²) in [6, 6.07) is 7.53. The highest BCUT2D eigenvalue weighted by atomic mass is 79.9. The molecule has 0 radical (unpaired) electrons. The van der Waals surface area contributed by atoms with Crippen LogP contribution < -0.4 is 9.47 Å². The lowest BCUT2D eigenvalue weighted by Gasteiger charge is -2.18. The number of ether oxygens (including phenoxy) is 2. The minimum absolute atomic E-state index is 0.117. The Morgan fingerprint density at radius 3 is 2.38 bits per heavy atom. The van der Waals surface area contributed by atoms with Crippen molar-refractivity contribution in [2.45, 2.75) is 6.10 Å². The second-order valence-electron chi connectivity index (χ2n) is 4.27. The third-order valence-electron chi connectivity index (χ3n) is 3.07. The molecule has 0 aliphatic rings. The van der Waals surface area contributed by atoms with Crippen LogP contribution in [0.15, 0.2) is 34.8 Å². The number of aliphatic hydroxyl groups is 1. The molecule has 0 aliphatic carbocycles. The van der Waals surface area contributed by atoms with Gasteiger partial charge in [-0.05, 0) is 18.2 Å². The van der Waals surface area contributed by atoms with E-state index in [1.165, 1.54) is 32.4 Å². The summed E-state index contributed by atoms with van der Waals surface area (Å²) in [6.45, 7) is 0. The number of rotatable bonds is 4. The summed E-state index contributed by atoms with van der Waals surface area (Å²) in [6.07, 6.45) is -1.23. The SMILES string of the molecule is COc1cc(Cl)c(C(O)c2c(F)cccc2Br)cc1OC. The largest absolute Gasteiger partial charge is 0.493 e. The fraction of sp³-hybridized carbons (Fsp3) is 0.200. The minimum Gasteiger partial charge on any atom is -0.493 e. The average Bonchev–Trinajstić information content (AvgIpc) is 2.46. The highest BCUT2D eigenvalue weighted by Crippen LogP contribution is 2.39. The van der Waals surface area contributed by atoms with Crippen molar-refractivity contribution in [1.29, 1.82) is 0 Å². The average molecular weight is 376 g/mol. The van der Waals surface area contributed by atoms with Gasteiger partial charge in [0.2, 0.25) is 0 Å². The lowest BCUT2D eigenvalue weighted by molar-refractivity contribution is 0.213. The molecule has 0 heterocycles. The second-order valence-corrected chi connectivity index (χ2v) is 5.53. The van der Waals surface area contributed by atoms with Crippen LogP contribution in [0.4, 0.5) is 4.39 Å². The number of halogens is 3. The molecule has 6 heteroatoms. The highest BCUT2D eigenvalue weighted by molar-refractivity contribution is 9.10. The van der Waals surface area contributed by atoms with E-state index in [-0.39, 0.29) is 10.6 Å². The zero-order valence-corrected chi connectivity index (χ0v) is 13.7. The Morgan fingerprint density at radius 1 is 1.19 bits per heavy atom. The first-order valence-corrected chi connectivity index (χ1v) is 7.20. The Labute approximate surface area is 135 Å². The summed E-state index contributed by atoms with van der Waals surface area (Å²) in [7, 11) is 2.96. The number of aliphatic hydroxyl groups excluding tert-OH is 1. The second kappa shape index (κ2) is 6.64. The van der Waals surface area contributed by atoms with E-state index >= 15 is 0 Å². The van der Waals surface area contributed by atoms with E-state index in [1.807, 2.05) is 0 Å². The van der Waals surface area contributed by atoms with Crippen LogP contribution in [-0.2, 0) is 0 Å². The fourth-order valence-corrected chi connectivity index (χ4v) is 2.82. The molecule has 2 aromatic rings. The van der Waals surface area contributed by atoms with Crippen molar-refractivity contribution < 1.29 is 19.0 Å². The molecule has 2 aromatic carbocycles. The molecule has 2 rings (SSSR count). The van der Waals surface area contributed by atoms with E-state index in [0.29, 0.717) is 21.5 Å². The third-order valence-corrected chi connectivity index (χ3v) is 4.09. The van der Waals surface area contributed by atoms with Gasteiger partial charge in [0.25, 0.3) is 0 Å². The van der Waals surface area contributed by atoms with Crippen LogP contribution in [-0.4, -0.2) is 19.3 Å². The van der Waals surface area contributed by atoms with E-state index in [0.717, 1.165) is 0 Å². The van der Waals surface area contributed by atoms with Gasteiger partial charge in [0, 0.05) is 21.7 Å². The highest BCUT2D eigenvalue weighted by Gasteiger charge is 2.22. The van der Waals surface area contributed by atoms with Gasteiger partial charge in [-0.25, -0.2) is 4.39 Å². The molecule has 3 nitrogen and oxygen atoms in total. The van der Waals surface area contributed by atoms with E-state index < -0.39 is 11.9 Å². The van der Waals surface area contributed by atoms with Gasteiger partial charge in [-0.3, -0.25) is 0 Å². The molecule has 0 bridgehead atoms. The molecule has 0 aromatic heterocycles. The smallest absolute Gasteiger partial charge is 0.162 e. The zero-order valence-electron chi connectivity index (χ0n) is 11.4. The number of methoxy groups -OCH3 is 2. The Bertz CT molecular complexity index is 643. The van der Waals surface area contributed by atoms with Gasteiger partial charge in [0.1, 0.15) is 11.9 Å². The van der Waals surface area contributed by atoms with Gasteiger partial charge in [-0.15, -0.1) is 0 Å². The third kappa shape index (κ3) is 3.15. The van der Waals surface area contributed by atoms with Gasteiger partial charge in [-0.2, -0.15) is 0 Å². The molecule has 1 unspecified atom stereocenters. The molecule has 0 spiro atoms. The first-order valence-electron chi connectivity index (χ1n) is 6.03. The maximum atomic E-state index is 14.0. The monoisotopic (exact) mass is 374 g/mol. The summed E-state index contributed by atoms with van der Waals surface area (Å²) in [4.78, 5) is 0. The van der Waals surface area contributed by atoms with E-state index in [1.54, 1.807) is 12.1 Å². The minimum atomic E-state index is -1.23. The molecular weight excluding hydrogens is 363 g/mol. The fourth-order valence-electron chi connectivity index (χ4n) is 2.01. The maximum Gasteiger partial charge on any atom is 0.162 e. The Kier molecular flexibility index (Phi) is 5.08. The molecule has 1 N–H and O–H groups in total. The van der Waals surface area contributed by atoms with Crippen molar-refractivity contribution >= 4 is 27.5 Å². The van der Waals surface area contributed by atoms with Crippen molar-refractivity contribution in [2.75, 3.05) is 14.2 Å². The van der Waals surface area contributed by atoms with Crippen LogP contribution in [0, 0.1) is 5.82 Å². The molecule has 0 saturated heterocycles. The lowest BCUT2D eigenvalue weighted by Crippen LogP contribution is -2.05. The molecule has 1 atom stereocenters. The van der Waals surface area contributed by atoms with Crippen molar-refractivity contribution in [3.8, 4) is 11.5 Å². The lowest BCUT2D eigenvalue weighted by atomic mass is 10.0. The Morgan fingerprint density at radius 2 is 1.81 bits per heavy atom. The molecule has 0 amide bonds. The van der Waals surface area contributed by atoms with Crippen LogP contribution >= 0.6 is 27.5 Å². The summed E-state index contributed by atoms with van der Waals surface area (Å²) in [5.74, 6) is 0.317. The quantitative estimate of drug-likeness (QED) is 0.864. The number of hydrogen-bond acceptors (Lipinski definition) is 3. The zero-order chi connectivity index (χ0) is 15.6. The van der Waals surface area contributed by atoms with E-state index in [4.69, 9.17) is 21.1 Å². The van der Waals surface area contributed by atoms with Gasteiger partial charge in [0.15, 0.2) is 11.5 Å². The molecule has 21 heavy (non-hydrogen) atoms. The number of benzene rings is 2. The number of hydrogen-bond donors (Lipinski definition) is 1. The van der Waals surface area contributed by atoms with Gasteiger partial charge in [-0.1, -0.05) is 33.6 Å². The topological polar surface area (TPSA) is 38.7 Å². The van der Waals surface area contributed by atoms with Crippen LogP contribution in [0.25, 0.3) is 0 Å². The van der Waals surface area contributed by atoms with E-state index in [9.17, 15) is 9.50 Å². The Hall–Kier alpha value is -1.30. The van der Waals surface area contributed by atoms with Crippen molar-refractivity contribution in [3.63, 3.8) is 0 Å². The molecule has 0 saturated carbocycles. The standard InChI is InChI=1S/C15H13BrClFO3/c1-20-12-6-8(10(17)7-13(12)21-2)15(19)14-9(16)4-3-5-11(14)18/h3-7,15,19H,1-2H3. The Balaban J connectivity index is 2.56. The molecule has 0 fully saturated rings. The van der Waals surface area contributed by atoms with Crippen LogP contribution in [0.3, 0.4) is 0 Å². The van der Waals surface area contributed by atoms with Crippen molar-refractivity contribution in [1.82, 2.24) is 0 Å². The predicted octanol–water partition coefficient (Wildman–Crippen LogP) is 4.34. The molecule has 0 aliphatic heterocycles. The summed E-state index contributed by atoms with van der Waals surface area (Å²) >= 11 is 9.39. The van der Waals surface area contributed by atoms with E-state index in [2.05, 4.69) is 15.9 Å². The summed E-state index contributed by atoms with van der Waals surface area (Å²) in [5, 5.41) is 10.7. The van der Waals surface area contributed by atoms with Crippen molar-refractivity contribution in [2.24, 2.45) is 0 Å².